The highest BCUT2D eigenvalue weighted by molar-refractivity contribution is 5.79. The summed E-state index contributed by atoms with van der Waals surface area (Å²) in [4.78, 5) is 14.4. The fraction of sp³-hybridized carbons (Fsp3) is 0.917. The number of carbonyl (C=O) groups excluding carboxylic acids is 1. The Kier molecular flexibility index (Phi) is 3.82. The molecular weight excluding hydrogens is 204 g/mol. The van der Waals surface area contributed by atoms with Crippen molar-refractivity contribution in [1.29, 1.82) is 0 Å². The quantitative estimate of drug-likeness (QED) is 0.713. The Morgan fingerprint density at radius 3 is 2.69 bits per heavy atom. The first kappa shape index (κ1) is 11.9. The van der Waals surface area contributed by atoms with Gasteiger partial charge in [-0.25, -0.2) is 0 Å². The molecule has 0 spiro atoms. The summed E-state index contributed by atoms with van der Waals surface area (Å²) in [5.74, 6) is 0.568. The molecule has 4 heteroatoms. The van der Waals surface area contributed by atoms with Crippen LogP contribution in [0.2, 0.25) is 0 Å². The van der Waals surface area contributed by atoms with E-state index in [0.717, 1.165) is 32.5 Å². The number of rotatable bonds is 1. The number of nitrogens with one attached hydrogen (secondary N) is 1. The van der Waals surface area contributed by atoms with Crippen LogP contribution in [-0.2, 0) is 9.53 Å². The highest BCUT2D eigenvalue weighted by atomic mass is 16.5. The number of ether oxygens (including phenoxy) is 1. The predicted molar refractivity (Wildman–Crippen MR) is 62.2 cm³/mol. The maximum absolute atomic E-state index is 12.4. The minimum Gasteiger partial charge on any atom is -0.375 e. The van der Waals surface area contributed by atoms with Gasteiger partial charge in [0.1, 0.15) is 0 Å². The number of piperidine rings is 1. The standard InChI is InChI=1S/C12H22N2O2/c1-9-10(2)16-8-7-14(9)12(15)11-3-5-13-6-4-11/h9-11,13H,3-8H2,1-2H3. The van der Waals surface area contributed by atoms with E-state index < -0.39 is 0 Å². The molecule has 92 valence electrons. The van der Waals surface area contributed by atoms with Crippen molar-refractivity contribution >= 4 is 5.91 Å². The smallest absolute Gasteiger partial charge is 0.226 e. The molecule has 0 aromatic rings. The SMILES string of the molecule is CC1OCCN(C(=O)C2CCNCC2)C1C. The summed E-state index contributed by atoms with van der Waals surface area (Å²) in [7, 11) is 0. The highest BCUT2D eigenvalue weighted by Crippen LogP contribution is 2.20. The molecule has 2 atom stereocenters. The Balaban J connectivity index is 1.96. The van der Waals surface area contributed by atoms with Gasteiger partial charge in [0.05, 0.1) is 18.8 Å². The molecule has 16 heavy (non-hydrogen) atoms. The van der Waals surface area contributed by atoms with Gasteiger partial charge in [-0.05, 0) is 39.8 Å². The molecule has 4 nitrogen and oxygen atoms in total. The normalized spacial score (nSPS) is 32.8. The molecule has 0 aliphatic carbocycles. The molecule has 2 aliphatic rings. The van der Waals surface area contributed by atoms with Gasteiger partial charge < -0.3 is 15.0 Å². The summed E-state index contributed by atoms with van der Waals surface area (Å²) >= 11 is 0. The van der Waals surface area contributed by atoms with Crippen LogP contribution in [0.5, 0.6) is 0 Å². The fourth-order valence-corrected chi connectivity index (χ4v) is 2.55. The van der Waals surface area contributed by atoms with Gasteiger partial charge in [-0.15, -0.1) is 0 Å². The fourth-order valence-electron chi connectivity index (χ4n) is 2.55. The zero-order valence-electron chi connectivity index (χ0n) is 10.2. The molecule has 2 saturated heterocycles. The second kappa shape index (κ2) is 5.15. The van der Waals surface area contributed by atoms with Crippen molar-refractivity contribution in [2.75, 3.05) is 26.2 Å². The van der Waals surface area contributed by atoms with Gasteiger partial charge in [0.25, 0.3) is 0 Å². The van der Waals surface area contributed by atoms with Crippen molar-refractivity contribution in [2.24, 2.45) is 5.92 Å². The van der Waals surface area contributed by atoms with Crippen molar-refractivity contribution in [3.05, 3.63) is 0 Å². The van der Waals surface area contributed by atoms with Gasteiger partial charge in [-0.3, -0.25) is 4.79 Å². The molecule has 2 aliphatic heterocycles. The maximum atomic E-state index is 12.4. The second-order valence-corrected chi connectivity index (χ2v) is 4.87. The average molecular weight is 226 g/mol. The molecule has 1 amide bonds. The van der Waals surface area contributed by atoms with Gasteiger partial charge in [0.15, 0.2) is 0 Å². The summed E-state index contributed by atoms with van der Waals surface area (Å²) in [5, 5.41) is 3.30. The summed E-state index contributed by atoms with van der Waals surface area (Å²) < 4.78 is 5.55. The molecule has 0 aromatic carbocycles. The number of amides is 1. The highest BCUT2D eigenvalue weighted by Gasteiger charge is 2.33. The van der Waals surface area contributed by atoms with E-state index in [9.17, 15) is 4.79 Å². The molecule has 1 N–H and O–H groups in total. The molecule has 2 heterocycles. The third-order valence-electron chi connectivity index (χ3n) is 3.86. The van der Waals surface area contributed by atoms with Crippen LogP contribution in [0, 0.1) is 5.92 Å². The number of morpholine rings is 1. The van der Waals surface area contributed by atoms with Crippen LogP contribution >= 0.6 is 0 Å². The van der Waals surface area contributed by atoms with Crippen molar-refractivity contribution in [3.8, 4) is 0 Å². The molecule has 0 radical (unpaired) electrons. The zero-order chi connectivity index (χ0) is 11.5. The van der Waals surface area contributed by atoms with E-state index in [1.165, 1.54) is 0 Å². The minimum atomic E-state index is 0.166. The topological polar surface area (TPSA) is 41.6 Å². The van der Waals surface area contributed by atoms with E-state index in [4.69, 9.17) is 4.74 Å². The lowest BCUT2D eigenvalue weighted by Crippen LogP contribution is -2.53. The minimum absolute atomic E-state index is 0.166. The molecule has 0 saturated carbocycles. The van der Waals surface area contributed by atoms with Gasteiger partial charge in [-0.2, -0.15) is 0 Å². The lowest BCUT2D eigenvalue weighted by molar-refractivity contribution is -0.149. The summed E-state index contributed by atoms with van der Waals surface area (Å²) in [6.45, 7) is 7.53. The van der Waals surface area contributed by atoms with Gasteiger partial charge in [-0.1, -0.05) is 0 Å². The average Bonchev–Trinajstić information content (AvgIpc) is 2.33. The molecule has 2 rings (SSSR count). The van der Waals surface area contributed by atoms with Crippen molar-refractivity contribution in [1.82, 2.24) is 10.2 Å². The van der Waals surface area contributed by atoms with Crippen LogP contribution in [0.4, 0.5) is 0 Å². The van der Waals surface area contributed by atoms with E-state index in [0.29, 0.717) is 12.5 Å². The van der Waals surface area contributed by atoms with Crippen LogP contribution in [0.1, 0.15) is 26.7 Å². The number of carbonyl (C=O) groups is 1. The third kappa shape index (κ3) is 2.38. The van der Waals surface area contributed by atoms with E-state index in [2.05, 4.69) is 12.2 Å². The van der Waals surface area contributed by atoms with E-state index in [-0.39, 0.29) is 18.1 Å². The predicted octanol–water partition coefficient (Wildman–Crippen LogP) is 0.622. The summed E-state index contributed by atoms with van der Waals surface area (Å²) in [5.41, 5.74) is 0. The van der Waals surface area contributed by atoms with Crippen molar-refractivity contribution in [2.45, 2.75) is 38.8 Å². The Morgan fingerprint density at radius 1 is 1.31 bits per heavy atom. The van der Waals surface area contributed by atoms with Crippen LogP contribution in [-0.4, -0.2) is 49.2 Å². The largest absolute Gasteiger partial charge is 0.375 e. The first-order chi connectivity index (χ1) is 7.70. The Labute approximate surface area is 97.3 Å². The first-order valence-electron chi connectivity index (χ1n) is 6.33. The lowest BCUT2D eigenvalue weighted by atomic mass is 9.95. The van der Waals surface area contributed by atoms with Gasteiger partial charge in [0.2, 0.25) is 5.91 Å². The first-order valence-corrected chi connectivity index (χ1v) is 6.33. The van der Waals surface area contributed by atoms with Crippen LogP contribution < -0.4 is 5.32 Å². The third-order valence-corrected chi connectivity index (χ3v) is 3.86. The molecule has 2 fully saturated rings. The van der Waals surface area contributed by atoms with Crippen LogP contribution in [0.3, 0.4) is 0 Å². The maximum Gasteiger partial charge on any atom is 0.226 e. The lowest BCUT2D eigenvalue weighted by Gasteiger charge is -2.40. The van der Waals surface area contributed by atoms with Crippen LogP contribution in [0.25, 0.3) is 0 Å². The van der Waals surface area contributed by atoms with Crippen molar-refractivity contribution in [3.63, 3.8) is 0 Å². The molecule has 0 aromatic heterocycles. The Bertz CT molecular complexity index is 251. The zero-order valence-corrected chi connectivity index (χ0v) is 10.2. The number of hydrogen-bond acceptors (Lipinski definition) is 3. The van der Waals surface area contributed by atoms with Crippen LogP contribution in [0.15, 0.2) is 0 Å². The summed E-state index contributed by atoms with van der Waals surface area (Å²) in [6, 6.07) is 0.219. The second-order valence-electron chi connectivity index (χ2n) is 4.87. The molecule has 0 bridgehead atoms. The molecule has 2 unspecified atom stereocenters. The number of hydrogen-bond donors (Lipinski definition) is 1. The number of nitrogens with zero attached hydrogens (tertiary/aromatic N) is 1. The van der Waals surface area contributed by atoms with Crippen molar-refractivity contribution < 1.29 is 9.53 Å². The van der Waals surface area contributed by atoms with E-state index in [1.807, 2.05) is 11.8 Å². The Hall–Kier alpha value is -0.610. The Morgan fingerprint density at radius 2 is 2.00 bits per heavy atom. The van der Waals surface area contributed by atoms with Gasteiger partial charge in [0, 0.05) is 12.5 Å². The monoisotopic (exact) mass is 226 g/mol. The molecular formula is C12H22N2O2. The summed E-state index contributed by atoms with van der Waals surface area (Å²) in [6.07, 6.45) is 2.13. The van der Waals surface area contributed by atoms with E-state index >= 15 is 0 Å². The van der Waals surface area contributed by atoms with E-state index in [1.54, 1.807) is 0 Å². The van der Waals surface area contributed by atoms with Gasteiger partial charge >= 0.3 is 0 Å².